The van der Waals surface area contributed by atoms with Crippen LogP contribution in [-0.2, 0) is 42.9 Å². The average Bonchev–Trinajstić information content (AvgIpc) is 3.26. The van der Waals surface area contributed by atoms with Gasteiger partial charge in [-0.1, -0.05) is 76.6 Å². The van der Waals surface area contributed by atoms with E-state index in [2.05, 4.69) is 0 Å². The number of piperidine rings is 1. The molecule has 3 N–H and O–H groups in total. The van der Waals surface area contributed by atoms with Crippen LogP contribution >= 0.6 is 0 Å². The fraction of sp³-hybridized carbons (Fsp3) is 0.740. The molecule has 14 atom stereocenters. The number of ether oxygens (including phenoxy) is 4. The molecule has 4 rings (SSSR count). The molecule has 3 fully saturated rings. The van der Waals surface area contributed by atoms with Crippen LogP contribution in [0.5, 0.6) is 0 Å². The first-order valence-electron chi connectivity index (χ1n) is 23.4. The van der Waals surface area contributed by atoms with Crippen LogP contribution in [-0.4, -0.2) is 119 Å². The minimum Gasteiger partial charge on any atom is -0.460 e. The van der Waals surface area contributed by atoms with Crippen LogP contribution in [0, 0.1) is 35.5 Å². The molecule has 3 heterocycles. The Hall–Kier alpha value is -3.33. The van der Waals surface area contributed by atoms with Crippen molar-refractivity contribution in [1.82, 2.24) is 4.90 Å². The molecular formula is C50H77NO12. The molecule has 13 heteroatoms. The normalized spacial score (nSPS) is 40.1. The van der Waals surface area contributed by atoms with Crippen LogP contribution in [0.1, 0.15) is 132 Å². The summed E-state index contributed by atoms with van der Waals surface area (Å²) in [5.74, 6) is -7.65. The standard InChI is InChI=1S/C50H77NO12/c1-30-15-11-10-12-16-31(2)25-34(5)44(54)46(61-9)45(55)35(6)26-32(3)41(53)29-42(33(4)27-37-20-23-40(52)43(28-37)60-8)62-49(58)39-17-13-14-24-51(39)48(57)47(56)50(59)36(7)19-22-38(63-50)21-18-30/h10-12,15-16,26,31-34,36-40,42-43,45-46,52,55,59H,13-14,17-25,27-29H2,1-9H3/b11-10+,16-12-,30-15+,35-26+/t31-,32-,33-,34-,36-,37-,38-,39+,40-,42+,43-,45-,46+,50-/m1/s1. The highest BCUT2D eigenvalue weighted by Gasteiger charge is 2.53. The Morgan fingerprint density at radius 1 is 0.889 bits per heavy atom. The van der Waals surface area contributed by atoms with E-state index in [1.165, 1.54) is 12.0 Å². The Morgan fingerprint density at radius 3 is 2.32 bits per heavy atom. The molecule has 1 saturated carbocycles. The molecule has 0 radical (unpaired) electrons. The number of cyclic esters (lactones) is 1. The fourth-order valence-corrected chi connectivity index (χ4v) is 9.82. The number of rotatable bonds is 5. The summed E-state index contributed by atoms with van der Waals surface area (Å²) in [4.78, 5) is 71.4. The molecule has 1 amide bonds. The number of carbonyl (C=O) groups excluding carboxylic acids is 5. The molecule has 0 unspecified atom stereocenters. The molecule has 354 valence electrons. The van der Waals surface area contributed by atoms with E-state index in [0.717, 1.165) is 12.0 Å². The van der Waals surface area contributed by atoms with Gasteiger partial charge in [-0.25, -0.2) is 4.79 Å². The third kappa shape index (κ3) is 14.1. The molecule has 63 heavy (non-hydrogen) atoms. The van der Waals surface area contributed by atoms with Gasteiger partial charge in [-0.3, -0.25) is 19.2 Å². The largest absolute Gasteiger partial charge is 0.460 e. The summed E-state index contributed by atoms with van der Waals surface area (Å²) in [5.41, 5.74) is 1.46. The van der Waals surface area contributed by atoms with Crippen molar-refractivity contribution in [2.45, 2.75) is 180 Å². The Balaban J connectivity index is 1.67. The number of esters is 1. The lowest BCUT2D eigenvalue weighted by molar-refractivity contribution is -0.263. The van der Waals surface area contributed by atoms with Gasteiger partial charge in [0.25, 0.3) is 11.7 Å². The van der Waals surface area contributed by atoms with Crippen LogP contribution in [0.15, 0.2) is 47.6 Å². The second kappa shape index (κ2) is 24.3. The van der Waals surface area contributed by atoms with Gasteiger partial charge in [0.2, 0.25) is 5.79 Å². The number of allylic oxidation sites excluding steroid dienone is 7. The van der Waals surface area contributed by atoms with Crippen molar-refractivity contribution >= 4 is 29.2 Å². The van der Waals surface area contributed by atoms with Gasteiger partial charge in [-0.15, -0.1) is 0 Å². The Morgan fingerprint density at radius 2 is 1.62 bits per heavy atom. The molecule has 3 aliphatic heterocycles. The number of aliphatic hydroxyl groups is 3. The lowest BCUT2D eigenvalue weighted by Crippen LogP contribution is -2.60. The van der Waals surface area contributed by atoms with Crippen molar-refractivity contribution in [3.05, 3.63) is 47.6 Å². The lowest BCUT2D eigenvalue weighted by Gasteiger charge is -2.42. The van der Waals surface area contributed by atoms with E-state index in [4.69, 9.17) is 18.9 Å². The Bertz CT molecular complexity index is 1700. The maximum atomic E-state index is 14.3. The van der Waals surface area contributed by atoms with Gasteiger partial charge in [0.15, 0.2) is 5.78 Å². The highest BCUT2D eigenvalue weighted by Crippen LogP contribution is 2.37. The number of amides is 1. The second-order valence-corrected chi connectivity index (χ2v) is 19.3. The molecule has 0 aromatic heterocycles. The third-order valence-corrected chi connectivity index (χ3v) is 14.1. The van der Waals surface area contributed by atoms with Crippen LogP contribution in [0.4, 0.5) is 0 Å². The first-order valence-corrected chi connectivity index (χ1v) is 23.4. The number of aliphatic hydroxyl groups excluding tert-OH is 2. The molecule has 13 nitrogen and oxygen atoms in total. The van der Waals surface area contributed by atoms with Crippen molar-refractivity contribution in [3.63, 3.8) is 0 Å². The van der Waals surface area contributed by atoms with Crippen molar-refractivity contribution in [3.8, 4) is 0 Å². The average molecular weight is 884 g/mol. The van der Waals surface area contributed by atoms with E-state index in [9.17, 15) is 39.3 Å². The van der Waals surface area contributed by atoms with Gasteiger partial charge in [-0.2, -0.15) is 0 Å². The maximum Gasteiger partial charge on any atom is 0.329 e. The quantitative estimate of drug-likeness (QED) is 0.154. The Labute approximate surface area is 375 Å². The molecule has 4 aliphatic rings. The zero-order chi connectivity index (χ0) is 46.6. The predicted octanol–water partition coefficient (Wildman–Crippen LogP) is 6.56. The summed E-state index contributed by atoms with van der Waals surface area (Å²) in [6.07, 6.45) is 13.1. The minimum absolute atomic E-state index is 0.0501. The number of hydrogen-bond donors (Lipinski definition) is 3. The summed E-state index contributed by atoms with van der Waals surface area (Å²) in [6, 6.07) is -1.11. The van der Waals surface area contributed by atoms with Crippen LogP contribution in [0.25, 0.3) is 0 Å². The monoisotopic (exact) mass is 884 g/mol. The van der Waals surface area contributed by atoms with Crippen LogP contribution in [0.2, 0.25) is 0 Å². The van der Waals surface area contributed by atoms with Crippen molar-refractivity contribution in [2.24, 2.45) is 35.5 Å². The number of methoxy groups -OCH3 is 2. The van der Waals surface area contributed by atoms with Gasteiger partial charge >= 0.3 is 5.97 Å². The predicted molar refractivity (Wildman–Crippen MR) is 239 cm³/mol. The van der Waals surface area contributed by atoms with E-state index in [-0.39, 0.29) is 54.8 Å². The molecule has 1 aliphatic carbocycles. The van der Waals surface area contributed by atoms with Crippen molar-refractivity contribution in [2.75, 3.05) is 20.8 Å². The van der Waals surface area contributed by atoms with E-state index < -0.39 is 77.8 Å². The number of Topliss-reactive ketones (excluding diaryl/α,β-unsaturated/α-hetero) is 3. The summed E-state index contributed by atoms with van der Waals surface area (Å²) >= 11 is 0. The summed E-state index contributed by atoms with van der Waals surface area (Å²) in [7, 11) is 2.95. The number of hydrogen-bond acceptors (Lipinski definition) is 12. The minimum atomic E-state index is -2.36. The topological polar surface area (TPSA) is 186 Å². The SMILES string of the molecule is CO[C@@H]1C[C@@H](C[C@@H](C)[C@@H]2CC(=O)[C@H](C)/C=C(\C)[C@@H](O)[C@@H](OC)C(=O)[C@H](C)C[C@H](C)\C=C/C=C/C=C(\C)CC[C@@H]3CC[C@@H](C)[C@@](O)(O3)C(=O)C(=O)N3CCCC[C@H]3C(=O)O2)CC[C@H]1O. The highest BCUT2D eigenvalue weighted by molar-refractivity contribution is 6.39. The van der Waals surface area contributed by atoms with Gasteiger partial charge < -0.3 is 39.2 Å². The molecule has 0 aromatic carbocycles. The summed E-state index contributed by atoms with van der Waals surface area (Å²) < 4.78 is 23.5. The zero-order valence-corrected chi connectivity index (χ0v) is 39.3. The van der Waals surface area contributed by atoms with E-state index in [0.29, 0.717) is 69.8 Å². The smallest absolute Gasteiger partial charge is 0.329 e. The number of fused-ring (bicyclic) bond motifs is 3. The molecule has 0 aromatic rings. The summed E-state index contributed by atoms with van der Waals surface area (Å²) in [5, 5.41) is 33.7. The molecule has 0 spiro atoms. The van der Waals surface area contributed by atoms with E-state index >= 15 is 0 Å². The first kappa shape index (κ1) is 52.3. The van der Waals surface area contributed by atoms with Crippen molar-refractivity contribution in [1.29, 1.82) is 0 Å². The Kier molecular flexibility index (Phi) is 20.1. The second-order valence-electron chi connectivity index (χ2n) is 19.3. The number of nitrogens with zero attached hydrogens (tertiary/aromatic N) is 1. The van der Waals surface area contributed by atoms with Crippen molar-refractivity contribution < 1.29 is 58.2 Å². The highest BCUT2D eigenvalue weighted by atomic mass is 16.6. The fourth-order valence-electron chi connectivity index (χ4n) is 9.82. The molecular weight excluding hydrogens is 807 g/mol. The maximum absolute atomic E-state index is 14.3. The zero-order valence-electron chi connectivity index (χ0n) is 39.3. The van der Waals surface area contributed by atoms with Gasteiger partial charge in [-0.05, 0) is 114 Å². The number of ketones is 3. The lowest BCUT2D eigenvalue weighted by atomic mass is 9.78. The summed E-state index contributed by atoms with van der Waals surface area (Å²) in [6.45, 7) is 12.9. The number of carbonyl (C=O) groups is 5. The van der Waals surface area contributed by atoms with Gasteiger partial charge in [0, 0.05) is 44.9 Å². The van der Waals surface area contributed by atoms with E-state index in [1.54, 1.807) is 34.0 Å². The van der Waals surface area contributed by atoms with Crippen LogP contribution in [0.3, 0.4) is 0 Å². The van der Waals surface area contributed by atoms with Gasteiger partial charge in [0.1, 0.15) is 30.1 Å². The molecule has 2 bridgehead atoms. The van der Waals surface area contributed by atoms with Crippen LogP contribution < -0.4 is 0 Å². The first-order chi connectivity index (χ1) is 29.8. The molecule has 2 saturated heterocycles. The van der Waals surface area contributed by atoms with Gasteiger partial charge in [0.05, 0.1) is 18.3 Å². The van der Waals surface area contributed by atoms with E-state index in [1.807, 2.05) is 58.1 Å². The third-order valence-electron chi connectivity index (χ3n) is 14.1.